The Morgan fingerprint density at radius 2 is 1.21 bits per heavy atom. The van der Waals surface area contributed by atoms with Gasteiger partial charge in [0.1, 0.15) is 0 Å². The highest BCUT2D eigenvalue weighted by Crippen LogP contribution is 2.47. The molecule has 0 saturated carbocycles. The van der Waals surface area contributed by atoms with Gasteiger partial charge in [-0.05, 0) is 58.5 Å². The predicted octanol–water partition coefficient (Wildman–Crippen LogP) is 7.52. The molecular formula is C28H19N. The first-order valence-corrected chi connectivity index (χ1v) is 9.99. The third-order valence-electron chi connectivity index (χ3n) is 5.88. The van der Waals surface area contributed by atoms with Crippen LogP contribution in [-0.4, -0.2) is 4.98 Å². The van der Waals surface area contributed by atoms with E-state index in [4.69, 9.17) is 4.98 Å². The predicted molar refractivity (Wildman–Crippen MR) is 122 cm³/mol. The molecule has 1 nitrogen and oxygen atoms in total. The lowest BCUT2D eigenvalue weighted by Crippen LogP contribution is -1.88. The van der Waals surface area contributed by atoms with Crippen LogP contribution in [0, 0.1) is 6.92 Å². The van der Waals surface area contributed by atoms with Crippen LogP contribution in [0.1, 0.15) is 5.56 Å². The summed E-state index contributed by atoms with van der Waals surface area (Å²) in [5.41, 5.74) is 12.2. The first kappa shape index (κ1) is 16.3. The minimum atomic E-state index is 1.02. The highest BCUT2D eigenvalue weighted by atomic mass is 14.7. The number of hydrogen-bond donors (Lipinski definition) is 0. The molecular weight excluding hydrogens is 350 g/mol. The Kier molecular flexibility index (Phi) is 3.45. The fourth-order valence-corrected chi connectivity index (χ4v) is 4.43. The Labute approximate surface area is 170 Å². The smallest absolute Gasteiger partial charge is 0.0722 e. The molecule has 1 heteroatoms. The fraction of sp³-hybridized carbons (Fsp3) is 0.0357. The van der Waals surface area contributed by atoms with Gasteiger partial charge in [0.2, 0.25) is 0 Å². The van der Waals surface area contributed by atoms with Crippen LogP contribution in [0.25, 0.3) is 55.5 Å². The summed E-state index contributed by atoms with van der Waals surface area (Å²) in [7, 11) is 0. The zero-order valence-electron chi connectivity index (χ0n) is 16.2. The number of aryl methyl sites for hydroxylation is 1. The Balaban J connectivity index is 1.55. The lowest BCUT2D eigenvalue weighted by atomic mass is 9.98. The van der Waals surface area contributed by atoms with E-state index < -0.39 is 0 Å². The summed E-state index contributed by atoms with van der Waals surface area (Å²) in [5, 5.41) is 1.27. The van der Waals surface area contributed by atoms with Crippen molar-refractivity contribution in [3.63, 3.8) is 0 Å². The van der Waals surface area contributed by atoms with E-state index in [1.54, 1.807) is 0 Å². The first-order chi connectivity index (χ1) is 14.3. The molecule has 1 aliphatic rings. The molecule has 29 heavy (non-hydrogen) atoms. The van der Waals surface area contributed by atoms with Gasteiger partial charge in [0.15, 0.2) is 0 Å². The minimum absolute atomic E-state index is 1.02. The maximum atomic E-state index is 5.04. The van der Waals surface area contributed by atoms with Crippen LogP contribution < -0.4 is 0 Å². The Bertz CT molecular complexity index is 1390. The van der Waals surface area contributed by atoms with E-state index in [0.29, 0.717) is 0 Å². The van der Waals surface area contributed by atoms with Crippen molar-refractivity contribution in [3.05, 3.63) is 103 Å². The van der Waals surface area contributed by atoms with Gasteiger partial charge < -0.3 is 0 Å². The quantitative estimate of drug-likeness (QED) is 0.307. The van der Waals surface area contributed by atoms with Gasteiger partial charge in [0, 0.05) is 10.9 Å². The van der Waals surface area contributed by atoms with Crippen LogP contribution in [0.4, 0.5) is 0 Å². The molecule has 136 valence electrons. The number of rotatable bonds is 2. The topological polar surface area (TPSA) is 12.9 Å². The molecule has 6 rings (SSSR count). The highest BCUT2D eigenvalue weighted by molar-refractivity contribution is 6.14. The van der Waals surface area contributed by atoms with E-state index >= 15 is 0 Å². The molecule has 0 amide bonds. The zero-order valence-corrected chi connectivity index (χ0v) is 16.2. The van der Waals surface area contributed by atoms with E-state index in [9.17, 15) is 0 Å². The van der Waals surface area contributed by atoms with Crippen molar-refractivity contribution in [3.8, 4) is 44.6 Å². The zero-order chi connectivity index (χ0) is 19.4. The Morgan fingerprint density at radius 3 is 2.03 bits per heavy atom. The van der Waals surface area contributed by atoms with Gasteiger partial charge in [-0.3, -0.25) is 0 Å². The van der Waals surface area contributed by atoms with Crippen molar-refractivity contribution in [1.29, 1.82) is 0 Å². The summed E-state index contributed by atoms with van der Waals surface area (Å²) in [4.78, 5) is 5.04. The van der Waals surface area contributed by atoms with Gasteiger partial charge >= 0.3 is 0 Å². The molecule has 1 aliphatic carbocycles. The third kappa shape index (κ3) is 2.51. The van der Waals surface area contributed by atoms with E-state index in [-0.39, 0.29) is 0 Å². The largest absolute Gasteiger partial charge is 0.248 e. The molecule has 4 aromatic carbocycles. The van der Waals surface area contributed by atoms with Gasteiger partial charge in [-0.25, -0.2) is 4.98 Å². The molecule has 0 radical (unpaired) electrons. The minimum Gasteiger partial charge on any atom is -0.248 e. The van der Waals surface area contributed by atoms with Crippen molar-refractivity contribution < 1.29 is 0 Å². The SMILES string of the molecule is Cc1ccc(-c2cccc(-c3cc4c5c(cccc5n3)-c3ccccc3-4)c2)cc1. The number of fused-ring (bicyclic) bond motifs is 3. The molecule has 0 spiro atoms. The molecule has 0 aliphatic heterocycles. The van der Waals surface area contributed by atoms with Crippen molar-refractivity contribution in [2.24, 2.45) is 0 Å². The van der Waals surface area contributed by atoms with Crippen molar-refractivity contribution in [2.75, 3.05) is 0 Å². The molecule has 0 unspecified atom stereocenters. The number of aromatic nitrogens is 1. The summed E-state index contributed by atoms with van der Waals surface area (Å²) in [5.74, 6) is 0. The average Bonchev–Trinajstić information content (AvgIpc) is 3.10. The molecule has 1 heterocycles. The maximum Gasteiger partial charge on any atom is 0.0722 e. The first-order valence-electron chi connectivity index (χ1n) is 9.99. The normalized spacial score (nSPS) is 11.6. The van der Waals surface area contributed by atoms with Crippen LogP contribution in [0.5, 0.6) is 0 Å². The van der Waals surface area contributed by atoms with Gasteiger partial charge in [-0.2, -0.15) is 0 Å². The van der Waals surface area contributed by atoms with Crippen LogP contribution in [-0.2, 0) is 0 Å². The van der Waals surface area contributed by atoms with Gasteiger partial charge in [0.25, 0.3) is 0 Å². The molecule has 0 fully saturated rings. The molecule has 0 atom stereocenters. The molecule has 0 N–H and O–H groups in total. The van der Waals surface area contributed by atoms with Crippen LogP contribution in [0.2, 0.25) is 0 Å². The Morgan fingerprint density at radius 1 is 0.517 bits per heavy atom. The summed E-state index contributed by atoms with van der Waals surface area (Å²) in [6, 6.07) is 34.8. The van der Waals surface area contributed by atoms with Crippen LogP contribution >= 0.6 is 0 Å². The van der Waals surface area contributed by atoms with Crippen molar-refractivity contribution >= 4 is 10.9 Å². The second kappa shape index (κ2) is 6.15. The van der Waals surface area contributed by atoms with Gasteiger partial charge in [-0.1, -0.05) is 84.4 Å². The van der Waals surface area contributed by atoms with Crippen molar-refractivity contribution in [2.45, 2.75) is 6.92 Å². The highest BCUT2D eigenvalue weighted by Gasteiger charge is 2.22. The van der Waals surface area contributed by atoms with E-state index in [2.05, 4.69) is 104 Å². The molecule has 1 aromatic heterocycles. The van der Waals surface area contributed by atoms with E-state index in [0.717, 1.165) is 16.8 Å². The fourth-order valence-electron chi connectivity index (χ4n) is 4.43. The maximum absolute atomic E-state index is 5.04. The average molecular weight is 369 g/mol. The number of benzene rings is 4. The number of hydrogen-bond acceptors (Lipinski definition) is 1. The van der Waals surface area contributed by atoms with Crippen LogP contribution in [0.15, 0.2) is 97.1 Å². The third-order valence-corrected chi connectivity index (χ3v) is 5.88. The second-order valence-electron chi connectivity index (χ2n) is 7.75. The molecule has 0 bridgehead atoms. The van der Waals surface area contributed by atoms with Crippen molar-refractivity contribution in [1.82, 2.24) is 4.98 Å². The molecule has 0 saturated heterocycles. The number of pyridine rings is 1. The number of nitrogens with zero attached hydrogens (tertiary/aromatic N) is 1. The lowest BCUT2D eigenvalue weighted by Gasteiger charge is -2.09. The summed E-state index contributed by atoms with van der Waals surface area (Å²) < 4.78 is 0. The van der Waals surface area contributed by atoms with Gasteiger partial charge in [-0.15, -0.1) is 0 Å². The lowest BCUT2D eigenvalue weighted by molar-refractivity contribution is 1.40. The molecule has 5 aromatic rings. The summed E-state index contributed by atoms with van der Waals surface area (Å²) >= 11 is 0. The summed E-state index contributed by atoms with van der Waals surface area (Å²) in [6.45, 7) is 2.12. The summed E-state index contributed by atoms with van der Waals surface area (Å²) in [6.07, 6.45) is 0. The van der Waals surface area contributed by atoms with E-state index in [1.165, 1.54) is 44.3 Å². The Hall–Kier alpha value is -3.71. The monoisotopic (exact) mass is 369 g/mol. The second-order valence-corrected chi connectivity index (χ2v) is 7.75. The van der Waals surface area contributed by atoms with Crippen LogP contribution in [0.3, 0.4) is 0 Å². The standard InChI is InChI=1S/C28H19N/c1-18-12-14-19(15-13-18)20-6-4-7-21(16-20)27-17-25-23-9-3-2-8-22(23)24-10-5-11-26(29-27)28(24)25/h2-17H,1H3. The van der Waals surface area contributed by atoms with Gasteiger partial charge in [0.05, 0.1) is 11.2 Å². The van der Waals surface area contributed by atoms with E-state index in [1.807, 2.05) is 0 Å².